The maximum atomic E-state index is 12.0. The van der Waals surface area contributed by atoms with E-state index in [1.165, 1.54) is 7.11 Å². The number of hydrogen-bond acceptors (Lipinski definition) is 5. The molecule has 1 rings (SSSR count). The van der Waals surface area contributed by atoms with E-state index in [9.17, 15) is 9.59 Å². The van der Waals surface area contributed by atoms with Crippen LogP contribution >= 0.6 is 0 Å². The molecule has 0 aliphatic rings. The molecule has 0 radical (unpaired) electrons. The fraction of sp³-hybridized carbons (Fsp3) is 0.467. The van der Waals surface area contributed by atoms with Gasteiger partial charge in [-0.3, -0.25) is 4.79 Å². The van der Waals surface area contributed by atoms with Gasteiger partial charge in [0.2, 0.25) is 0 Å². The van der Waals surface area contributed by atoms with E-state index < -0.39 is 12.1 Å². The highest BCUT2D eigenvalue weighted by Crippen LogP contribution is 2.26. The van der Waals surface area contributed by atoms with Gasteiger partial charge in [0.1, 0.15) is 11.3 Å². The number of methoxy groups -OCH3 is 1. The Balaban J connectivity index is 2.95. The third-order valence-electron chi connectivity index (χ3n) is 2.62. The first-order chi connectivity index (χ1) is 9.65. The van der Waals surface area contributed by atoms with Gasteiger partial charge in [-0.2, -0.15) is 0 Å². The first-order valence-corrected chi connectivity index (χ1v) is 6.61. The summed E-state index contributed by atoms with van der Waals surface area (Å²) in [6.07, 6.45) is -0.769. The molecule has 0 saturated carbocycles. The molecule has 6 heteroatoms. The van der Waals surface area contributed by atoms with Gasteiger partial charge in [0.15, 0.2) is 6.10 Å². The first-order valence-electron chi connectivity index (χ1n) is 6.61. The number of nitrogen functional groups attached to an aromatic ring is 1. The summed E-state index contributed by atoms with van der Waals surface area (Å²) in [5.74, 6) is -0.661. The van der Waals surface area contributed by atoms with E-state index in [-0.39, 0.29) is 28.4 Å². The second kappa shape index (κ2) is 6.47. The van der Waals surface area contributed by atoms with E-state index in [1.807, 2.05) is 20.8 Å². The average molecular weight is 294 g/mol. The van der Waals surface area contributed by atoms with Crippen LogP contribution in [0.2, 0.25) is 0 Å². The van der Waals surface area contributed by atoms with Crippen LogP contribution in [0, 0.1) is 0 Å². The standard InChI is InChI=1S/C15H22N2O4/c1-9(13(18)17-15(2,3)4)21-11-8-6-7-10(16)12(11)14(19)20-5/h6-9H,16H2,1-5H3,(H,17,18). The van der Waals surface area contributed by atoms with Gasteiger partial charge in [0.05, 0.1) is 7.11 Å². The minimum Gasteiger partial charge on any atom is -0.480 e. The number of ether oxygens (including phenoxy) is 2. The lowest BCUT2D eigenvalue weighted by atomic mass is 10.1. The molecule has 1 unspecified atom stereocenters. The van der Waals surface area contributed by atoms with Crippen molar-refractivity contribution < 1.29 is 19.1 Å². The predicted octanol–water partition coefficient (Wildman–Crippen LogP) is 1.74. The number of anilines is 1. The Morgan fingerprint density at radius 3 is 2.43 bits per heavy atom. The Morgan fingerprint density at radius 2 is 1.90 bits per heavy atom. The van der Waals surface area contributed by atoms with Gasteiger partial charge in [0, 0.05) is 11.2 Å². The normalized spacial score (nSPS) is 12.4. The lowest BCUT2D eigenvalue weighted by molar-refractivity contribution is -0.128. The van der Waals surface area contributed by atoms with Crippen molar-refractivity contribution in [1.82, 2.24) is 5.32 Å². The van der Waals surface area contributed by atoms with Crippen LogP contribution in [0.5, 0.6) is 5.75 Å². The summed E-state index contributed by atoms with van der Waals surface area (Å²) in [4.78, 5) is 23.8. The lowest BCUT2D eigenvalue weighted by Crippen LogP contribution is -2.46. The molecule has 1 aromatic carbocycles. The van der Waals surface area contributed by atoms with Gasteiger partial charge in [-0.05, 0) is 39.8 Å². The van der Waals surface area contributed by atoms with Crippen molar-refractivity contribution in [3.63, 3.8) is 0 Å². The number of rotatable bonds is 4. The molecule has 116 valence electrons. The van der Waals surface area contributed by atoms with Crippen molar-refractivity contribution in [2.75, 3.05) is 12.8 Å². The summed E-state index contributed by atoms with van der Waals surface area (Å²) in [5, 5.41) is 2.81. The Bertz CT molecular complexity index is 535. The zero-order chi connectivity index (χ0) is 16.2. The summed E-state index contributed by atoms with van der Waals surface area (Å²) in [7, 11) is 1.26. The van der Waals surface area contributed by atoms with E-state index in [0.29, 0.717) is 0 Å². The highest BCUT2D eigenvalue weighted by atomic mass is 16.5. The Morgan fingerprint density at radius 1 is 1.29 bits per heavy atom. The van der Waals surface area contributed by atoms with Crippen molar-refractivity contribution in [2.45, 2.75) is 39.3 Å². The van der Waals surface area contributed by atoms with Crippen molar-refractivity contribution in [3.8, 4) is 5.75 Å². The number of carbonyl (C=O) groups excluding carboxylic acids is 2. The molecule has 0 aliphatic carbocycles. The van der Waals surface area contributed by atoms with Crippen molar-refractivity contribution >= 4 is 17.6 Å². The minimum absolute atomic E-state index is 0.121. The summed E-state index contributed by atoms with van der Waals surface area (Å²) >= 11 is 0. The third-order valence-corrected chi connectivity index (χ3v) is 2.62. The maximum Gasteiger partial charge on any atom is 0.343 e. The zero-order valence-corrected chi connectivity index (χ0v) is 13.0. The summed E-state index contributed by atoms with van der Waals surface area (Å²) in [6.45, 7) is 7.22. The van der Waals surface area contributed by atoms with E-state index in [0.717, 1.165) is 0 Å². The SMILES string of the molecule is COC(=O)c1c(N)cccc1OC(C)C(=O)NC(C)(C)C. The molecule has 21 heavy (non-hydrogen) atoms. The van der Waals surface area contributed by atoms with Gasteiger partial charge >= 0.3 is 5.97 Å². The molecular weight excluding hydrogens is 272 g/mol. The predicted molar refractivity (Wildman–Crippen MR) is 80.2 cm³/mol. The Kier molecular flexibility index (Phi) is 5.18. The highest BCUT2D eigenvalue weighted by molar-refractivity contribution is 5.98. The molecule has 0 aliphatic heterocycles. The second-order valence-electron chi connectivity index (χ2n) is 5.71. The number of amides is 1. The van der Waals surface area contributed by atoms with Crippen LogP contribution in [-0.2, 0) is 9.53 Å². The fourth-order valence-electron chi connectivity index (χ4n) is 1.68. The number of carbonyl (C=O) groups is 2. The van der Waals surface area contributed by atoms with Gasteiger partial charge in [-0.25, -0.2) is 4.79 Å². The number of esters is 1. The largest absolute Gasteiger partial charge is 0.480 e. The molecule has 1 amide bonds. The molecular formula is C15H22N2O4. The fourth-order valence-corrected chi connectivity index (χ4v) is 1.68. The molecule has 0 aromatic heterocycles. The average Bonchev–Trinajstić information content (AvgIpc) is 2.36. The number of nitrogens with two attached hydrogens (primary N) is 1. The van der Waals surface area contributed by atoms with Crippen molar-refractivity contribution in [3.05, 3.63) is 23.8 Å². The monoisotopic (exact) mass is 294 g/mol. The summed E-state index contributed by atoms with van der Waals surface area (Å²) in [6, 6.07) is 4.79. The smallest absolute Gasteiger partial charge is 0.343 e. The topological polar surface area (TPSA) is 90.7 Å². The van der Waals surface area contributed by atoms with Crippen LogP contribution in [0.3, 0.4) is 0 Å². The number of hydrogen-bond donors (Lipinski definition) is 2. The van der Waals surface area contributed by atoms with Crippen LogP contribution in [0.4, 0.5) is 5.69 Å². The van der Waals surface area contributed by atoms with Crippen molar-refractivity contribution in [2.24, 2.45) is 0 Å². The van der Waals surface area contributed by atoms with Gasteiger partial charge in [0.25, 0.3) is 5.91 Å². The summed E-state index contributed by atoms with van der Waals surface area (Å²) < 4.78 is 10.2. The van der Waals surface area contributed by atoms with Crippen LogP contribution in [0.25, 0.3) is 0 Å². The van der Waals surface area contributed by atoms with Crippen LogP contribution in [0.1, 0.15) is 38.1 Å². The molecule has 6 nitrogen and oxygen atoms in total. The Hall–Kier alpha value is -2.24. The molecule has 0 spiro atoms. The quantitative estimate of drug-likeness (QED) is 0.652. The zero-order valence-electron chi connectivity index (χ0n) is 13.0. The Labute approximate surface area is 124 Å². The van der Waals surface area contributed by atoms with E-state index in [1.54, 1.807) is 25.1 Å². The second-order valence-corrected chi connectivity index (χ2v) is 5.71. The third kappa shape index (κ3) is 4.66. The first kappa shape index (κ1) is 16.8. The van der Waals surface area contributed by atoms with E-state index >= 15 is 0 Å². The molecule has 0 bridgehead atoms. The summed E-state index contributed by atoms with van der Waals surface area (Å²) in [5.41, 5.74) is 5.76. The highest BCUT2D eigenvalue weighted by Gasteiger charge is 2.23. The van der Waals surface area contributed by atoms with Gasteiger partial charge in [-0.1, -0.05) is 6.07 Å². The van der Waals surface area contributed by atoms with Crippen LogP contribution in [-0.4, -0.2) is 30.6 Å². The molecule has 3 N–H and O–H groups in total. The number of benzene rings is 1. The molecule has 0 saturated heterocycles. The lowest BCUT2D eigenvalue weighted by Gasteiger charge is -2.24. The number of nitrogens with one attached hydrogen (secondary N) is 1. The molecule has 1 atom stereocenters. The molecule has 0 heterocycles. The van der Waals surface area contributed by atoms with Crippen LogP contribution < -0.4 is 15.8 Å². The van der Waals surface area contributed by atoms with Crippen molar-refractivity contribution in [1.29, 1.82) is 0 Å². The van der Waals surface area contributed by atoms with Gasteiger partial charge in [-0.15, -0.1) is 0 Å². The van der Waals surface area contributed by atoms with E-state index in [4.69, 9.17) is 10.5 Å². The van der Waals surface area contributed by atoms with E-state index in [2.05, 4.69) is 10.1 Å². The minimum atomic E-state index is -0.769. The maximum absolute atomic E-state index is 12.0. The van der Waals surface area contributed by atoms with Crippen LogP contribution in [0.15, 0.2) is 18.2 Å². The molecule has 1 aromatic rings. The van der Waals surface area contributed by atoms with Gasteiger partial charge < -0.3 is 20.5 Å². The molecule has 0 fully saturated rings.